The van der Waals surface area contributed by atoms with Gasteiger partial charge in [-0.05, 0) is 52.9 Å². The van der Waals surface area contributed by atoms with Crippen molar-refractivity contribution in [1.82, 2.24) is 5.32 Å². The Morgan fingerprint density at radius 3 is 2.89 bits per heavy atom. The maximum atomic E-state index is 11.9. The first-order chi connectivity index (χ1) is 8.61. The van der Waals surface area contributed by atoms with Crippen LogP contribution in [0.4, 0.5) is 0 Å². The van der Waals surface area contributed by atoms with Gasteiger partial charge in [0.05, 0.1) is 17.7 Å². The number of benzene rings is 1. The van der Waals surface area contributed by atoms with Crippen LogP contribution in [0.25, 0.3) is 0 Å². The molecule has 0 heterocycles. The molecule has 4 nitrogen and oxygen atoms in total. The van der Waals surface area contributed by atoms with Crippen LogP contribution in [0.5, 0.6) is 5.75 Å². The van der Waals surface area contributed by atoms with Gasteiger partial charge < -0.3 is 15.2 Å². The normalized spacial score (nSPS) is 16.2. The van der Waals surface area contributed by atoms with Crippen molar-refractivity contribution in [3.63, 3.8) is 0 Å². The van der Waals surface area contributed by atoms with Crippen LogP contribution >= 0.6 is 15.9 Å². The minimum absolute atomic E-state index is 0.182. The average Bonchev–Trinajstić information content (AvgIpc) is 3.19. The third kappa shape index (κ3) is 3.23. The Morgan fingerprint density at radius 2 is 2.33 bits per heavy atom. The van der Waals surface area contributed by atoms with Crippen LogP contribution in [0.15, 0.2) is 22.7 Å². The molecule has 1 aliphatic carbocycles. The molecule has 1 saturated carbocycles. The number of amides is 1. The number of aliphatic hydroxyl groups is 1. The lowest BCUT2D eigenvalue weighted by Crippen LogP contribution is -2.33. The van der Waals surface area contributed by atoms with Gasteiger partial charge in [-0.25, -0.2) is 0 Å². The summed E-state index contributed by atoms with van der Waals surface area (Å²) in [6.45, 7) is 0.313. The van der Waals surface area contributed by atoms with Gasteiger partial charge >= 0.3 is 0 Å². The van der Waals surface area contributed by atoms with Crippen LogP contribution in [0.3, 0.4) is 0 Å². The van der Waals surface area contributed by atoms with Crippen LogP contribution in [0, 0.1) is 5.92 Å². The zero-order valence-electron chi connectivity index (χ0n) is 10.1. The molecule has 0 bridgehead atoms. The van der Waals surface area contributed by atoms with Crippen molar-refractivity contribution in [3.8, 4) is 5.75 Å². The van der Waals surface area contributed by atoms with Gasteiger partial charge in [-0.15, -0.1) is 0 Å². The lowest BCUT2D eigenvalue weighted by molar-refractivity contribution is 0.0901. The molecule has 1 aromatic rings. The summed E-state index contributed by atoms with van der Waals surface area (Å²) in [4.78, 5) is 11.9. The van der Waals surface area contributed by atoms with Gasteiger partial charge in [-0.1, -0.05) is 0 Å². The minimum Gasteiger partial charge on any atom is -0.496 e. The van der Waals surface area contributed by atoms with E-state index in [1.807, 2.05) is 0 Å². The van der Waals surface area contributed by atoms with Gasteiger partial charge in [0.25, 0.3) is 5.91 Å². The molecule has 98 valence electrons. The second-order valence-electron chi connectivity index (χ2n) is 4.46. The summed E-state index contributed by atoms with van der Waals surface area (Å²) < 4.78 is 5.84. The number of carbonyl (C=O) groups excluding carboxylic acids is 1. The maximum Gasteiger partial charge on any atom is 0.251 e. The van der Waals surface area contributed by atoms with Crippen LogP contribution < -0.4 is 10.1 Å². The lowest BCUT2D eigenvalue weighted by Gasteiger charge is -2.11. The summed E-state index contributed by atoms with van der Waals surface area (Å²) in [6.07, 6.45) is 1.70. The smallest absolute Gasteiger partial charge is 0.251 e. The molecule has 0 spiro atoms. The molecule has 1 fully saturated rings. The molecule has 18 heavy (non-hydrogen) atoms. The molecule has 1 atom stereocenters. The summed E-state index contributed by atoms with van der Waals surface area (Å²) in [5.41, 5.74) is 0.547. The van der Waals surface area contributed by atoms with Crippen molar-refractivity contribution in [2.75, 3.05) is 13.7 Å². The van der Waals surface area contributed by atoms with Crippen molar-refractivity contribution in [1.29, 1.82) is 0 Å². The van der Waals surface area contributed by atoms with E-state index in [0.29, 0.717) is 23.8 Å². The first kappa shape index (κ1) is 13.4. The van der Waals surface area contributed by atoms with Gasteiger partial charge in [-0.2, -0.15) is 0 Å². The Bertz CT molecular complexity index is 446. The highest BCUT2D eigenvalue weighted by Gasteiger charge is 2.29. The van der Waals surface area contributed by atoms with E-state index < -0.39 is 6.10 Å². The minimum atomic E-state index is -0.421. The number of methoxy groups -OCH3 is 1. The number of rotatable bonds is 5. The Labute approximate surface area is 114 Å². The average molecular weight is 314 g/mol. The fourth-order valence-electron chi connectivity index (χ4n) is 1.75. The molecule has 2 N–H and O–H groups in total. The molecular formula is C13H16BrNO3. The quantitative estimate of drug-likeness (QED) is 0.873. The fourth-order valence-corrected chi connectivity index (χ4v) is 2.30. The second-order valence-corrected chi connectivity index (χ2v) is 5.32. The standard InChI is InChI=1S/C13H16BrNO3/c1-18-12-5-4-9(6-10(12)14)13(17)15-7-11(16)8-2-3-8/h4-6,8,11,16H,2-3,7H2,1H3,(H,15,17). The Hall–Kier alpha value is -1.07. The van der Waals surface area contributed by atoms with Crippen molar-refractivity contribution >= 4 is 21.8 Å². The molecule has 1 aliphatic rings. The number of hydrogen-bond donors (Lipinski definition) is 2. The number of nitrogens with one attached hydrogen (secondary N) is 1. The summed E-state index contributed by atoms with van der Waals surface area (Å²) >= 11 is 3.33. The van der Waals surface area contributed by atoms with Gasteiger partial charge in [0.1, 0.15) is 5.75 Å². The highest BCUT2D eigenvalue weighted by molar-refractivity contribution is 9.10. The van der Waals surface area contributed by atoms with Crippen LogP contribution in [-0.2, 0) is 0 Å². The lowest BCUT2D eigenvalue weighted by atomic mass is 10.2. The molecule has 5 heteroatoms. The molecular weight excluding hydrogens is 298 g/mol. The van der Waals surface area contributed by atoms with Crippen molar-refractivity contribution in [3.05, 3.63) is 28.2 Å². The SMILES string of the molecule is COc1ccc(C(=O)NCC(O)C2CC2)cc1Br. The van der Waals surface area contributed by atoms with Crippen LogP contribution in [0.1, 0.15) is 23.2 Å². The fraction of sp³-hybridized carbons (Fsp3) is 0.462. The zero-order chi connectivity index (χ0) is 13.1. The summed E-state index contributed by atoms with van der Waals surface area (Å²) in [5, 5.41) is 12.4. The van der Waals surface area contributed by atoms with Crippen molar-refractivity contribution in [2.24, 2.45) is 5.92 Å². The Balaban J connectivity index is 1.93. The van der Waals surface area contributed by atoms with Gasteiger partial charge in [0, 0.05) is 12.1 Å². The highest BCUT2D eigenvalue weighted by Crippen LogP contribution is 2.32. The monoisotopic (exact) mass is 313 g/mol. The summed E-state index contributed by atoms with van der Waals surface area (Å²) in [5.74, 6) is 0.871. The largest absolute Gasteiger partial charge is 0.496 e. The van der Waals surface area contributed by atoms with Crippen molar-refractivity contribution < 1.29 is 14.6 Å². The zero-order valence-corrected chi connectivity index (χ0v) is 11.7. The topological polar surface area (TPSA) is 58.6 Å². The van der Waals surface area contributed by atoms with E-state index in [0.717, 1.165) is 17.3 Å². The third-order valence-corrected chi connectivity index (χ3v) is 3.67. The molecule has 1 aromatic carbocycles. The second kappa shape index (κ2) is 5.71. The molecule has 1 amide bonds. The van der Waals surface area contributed by atoms with E-state index >= 15 is 0 Å². The summed E-state index contributed by atoms with van der Waals surface area (Å²) in [6, 6.07) is 5.14. The van der Waals surface area contributed by atoms with Crippen LogP contribution in [-0.4, -0.2) is 30.8 Å². The Morgan fingerprint density at radius 1 is 1.61 bits per heavy atom. The highest BCUT2D eigenvalue weighted by atomic mass is 79.9. The predicted octanol–water partition coefficient (Wildman–Crippen LogP) is 1.96. The first-order valence-electron chi connectivity index (χ1n) is 5.91. The molecule has 1 unspecified atom stereocenters. The maximum absolute atomic E-state index is 11.9. The van der Waals surface area contributed by atoms with Gasteiger partial charge in [0.15, 0.2) is 0 Å². The Kier molecular flexibility index (Phi) is 4.24. The van der Waals surface area contributed by atoms with E-state index in [9.17, 15) is 9.90 Å². The molecule has 0 aliphatic heterocycles. The van der Waals surface area contributed by atoms with E-state index in [1.54, 1.807) is 25.3 Å². The van der Waals surface area contributed by atoms with Crippen molar-refractivity contribution in [2.45, 2.75) is 18.9 Å². The van der Waals surface area contributed by atoms with E-state index in [2.05, 4.69) is 21.2 Å². The number of aliphatic hydroxyl groups excluding tert-OH is 1. The molecule has 0 saturated heterocycles. The van der Waals surface area contributed by atoms with Crippen LogP contribution in [0.2, 0.25) is 0 Å². The van der Waals surface area contributed by atoms with Gasteiger partial charge in [0.2, 0.25) is 0 Å². The van der Waals surface area contributed by atoms with E-state index in [1.165, 1.54) is 0 Å². The first-order valence-corrected chi connectivity index (χ1v) is 6.71. The number of ether oxygens (including phenoxy) is 1. The number of hydrogen-bond acceptors (Lipinski definition) is 3. The van der Waals surface area contributed by atoms with E-state index in [4.69, 9.17) is 4.74 Å². The molecule has 2 rings (SSSR count). The predicted molar refractivity (Wildman–Crippen MR) is 71.8 cm³/mol. The summed E-state index contributed by atoms with van der Waals surface area (Å²) in [7, 11) is 1.58. The van der Waals surface area contributed by atoms with Gasteiger partial charge in [-0.3, -0.25) is 4.79 Å². The number of carbonyl (C=O) groups is 1. The van der Waals surface area contributed by atoms with E-state index in [-0.39, 0.29) is 5.91 Å². The number of halogens is 1. The third-order valence-electron chi connectivity index (χ3n) is 3.05. The molecule has 0 aromatic heterocycles. The molecule has 0 radical (unpaired) electrons.